The van der Waals surface area contributed by atoms with Gasteiger partial charge in [-0.25, -0.2) is 0 Å². The van der Waals surface area contributed by atoms with Gasteiger partial charge in [-0.3, -0.25) is 9.59 Å². The number of rotatable bonds is 3. The SMILES string of the molecule is CCN1CC(C(=O)NC2C3CCCC2CC(N)C3)CC1=O.Cl. The van der Waals surface area contributed by atoms with Crippen LogP contribution in [0.15, 0.2) is 0 Å². The maximum absolute atomic E-state index is 12.5. The molecule has 0 aromatic carbocycles. The topological polar surface area (TPSA) is 75.4 Å². The van der Waals surface area contributed by atoms with Gasteiger partial charge in [-0.1, -0.05) is 6.42 Å². The Labute approximate surface area is 138 Å². The quantitative estimate of drug-likeness (QED) is 0.819. The van der Waals surface area contributed by atoms with E-state index >= 15 is 0 Å². The Kier molecular flexibility index (Phi) is 5.72. The minimum absolute atomic E-state index is 0. The summed E-state index contributed by atoms with van der Waals surface area (Å²) >= 11 is 0. The number of halogens is 1. The first-order valence-electron chi connectivity index (χ1n) is 8.42. The van der Waals surface area contributed by atoms with E-state index in [9.17, 15) is 9.59 Å². The molecule has 1 saturated heterocycles. The van der Waals surface area contributed by atoms with E-state index in [1.165, 1.54) is 19.3 Å². The predicted molar refractivity (Wildman–Crippen MR) is 87.6 cm³/mol. The van der Waals surface area contributed by atoms with E-state index in [2.05, 4.69) is 5.32 Å². The molecule has 3 N–H and O–H groups in total. The maximum atomic E-state index is 12.5. The van der Waals surface area contributed by atoms with Crippen molar-refractivity contribution < 1.29 is 9.59 Å². The zero-order chi connectivity index (χ0) is 15.0. The second-order valence-electron chi connectivity index (χ2n) is 7.05. The molecule has 3 fully saturated rings. The lowest BCUT2D eigenvalue weighted by Gasteiger charge is -2.45. The van der Waals surface area contributed by atoms with Crippen molar-refractivity contribution in [3.8, 4) is 0 Å². The lowest BCUT2D eigenvalue weighted by Crippen LogP contribution is -2.54. The van der Waals surface area contributed by atoms with Crippen molar-refractivity contribution >= 4 is 24.2 Å². The molecular weight excluding hydrogens is 302 g/mol. The zero-order valence-corrected chi connectivity index (χ0v) is 14.1. The second kappa shape index (κ2) is 7.18. The van der Waals surface area contributed by atoms with Gasteiger partial charge in [0, 0.05) is 31.6 Å². The molecule has 2 amide bonds. The molecule has 0 aromatic rings. The Morgan fingerprint density at radius 2 is 1.95 bits per heavy atom. The third-order valence-electron chi connectivity index (χ3n) is 5.65. The van der Waals surface area contributed by atoms with Crippen molar-refractivity contribution in [3.63, 3.8) is 0 Å². The van der Waals surface area contributed by atoms with Crippen molar-refractivity contribution in [3.05, 3.63) is 0 Å². The zero-order valence-electron chi connectivity index (χ0n) is 13.3. The van der Waals surface area contributed by atoms with E-state index in [0.29, 0.717) is 37.4 Å². The highest BCUT2D eigenvalue weighted by Crippen LogP contribution is 2.39. The molecule has 126 valence electrons. The van der Waals surface area contributed by atoms with Crippen molar-refractivity contribution in [2.75, 3.05) is 13.1 Å². The van der Waals surface area contributed by atoms with Gasteiger partial charge >= 0.3 is 0 Å². The van der Waals surface area contributed by atoms with E-state index in [4.69, 9.17) is 5.73 Å². The Hall–Kier alpha value is -0.810. The van der Waals surface area contributed by atoms with Gasteiger partial charge in [0.15, 0.2) is 0 Å². The van der Waals surface area contributed by atoms with Gasteiger partial charge < -0.3 is 16.0 Å². The van der Waals surface area contributed by atoms with Crippen LogP contribution in [0.3, 0.4) is 0 Å². The molecule has 3 rings (SSSR count). The number of hydrogen-bond acceptors (Lipinski definition) is 3. The first kappa shape index (κ1) is 17.5. The van der Waals surface area contributed by atoms with Crippen LogP contribution in [-0.4, -0.2) is 41.9 Å². The van der Waals surface area contributed by atoms with E-state index < -0.39 is 0 Å². The Balaban J connectivity index is 0.00000176. The molecule has 5 nitrogen and oxygen atoms in total. The van der Waals surface area contributed by atoms with Gasteiger partial charge in [0.1, 0.15) is 0 Å². The molecule has 0 spiro atoms. The molecule has 2 bridgehead atoms. The Morgan fingerprint density at radius 3 is 2.50 bits per heavy atom. The van der Waals surface area contributed by atoms with Gasteiger partial charge in [0.2, 0.25) is 11.8 Å². The molecule has 1 heterocycles. The summed E-state index contributed by atoms with van der Waals surface area (Å²) in [6.07, 6.45) is 6.07. The van der Waals surface area contributed by atoms with E-state index in [1.54, 1.807) is 4.90 Å². The molecule has 6 heteroatoms. The summed E-state index contributed by atoms with van der Waals surface area (Å²) in [5.74, 6) is 1.11. The third-order valence-corrected chi connectivity index (χ3v) is 5.65. The van der Waals surface area contributed by atoms with Crippen LogP contribution in [0.4, 0.5) is 0 Å². The number of carbonyl (C=O) groups excluding carboxylic acids is 2. The number of nitrogens with one attached hydrogen (secondary N) is 1. The summed E-state index contributed by atoms with van der Waals surface area (Å²) < 4.78 is 0. The van der Waals surface area contributed by atoms with Crippen LogP contribution in [0.25, 0.3) is 0 Å². The normalized spacial score (nSPS) is 37.6. The number of carbonyl (C=O) groups is 2. The first-order valence-corrected chi connectivity index (χ1v) is 8.42. The third kappa shape index (κ3) is 3.40. The van der Waals surface area contributed by atoms with Crippen molar-refractivity contribution in [1.29, 1.82) is 0 Å². The van der Waals surface area contributed by atoms with Crippen LogP contribution < -0.4 is 11.1 Å². The monoisotopic (exact) mass is 329 g/mol. The average Bonchev–Trinajstić information content (AvgIpc) is 2.81. The highest BCUT2D eigenvalue weighted by Gasteiger charge is 2.42. The van der Waals surface area contributed by atoms with Gasteiger partial charge in [-0.2, -0.15) is 0 Å². The fourth-order valence-corrected chi connectivity index (χ4v) is 4.56. The minimum Gasteiger partial charge on any atom is -0.353 e. The summed E-state index contributed by atoms with van der Waals surface area (Å²) in [4.78, 5) is 26.1. The lowest BCUT2D eigenvalue weighted by atomic mass is 9.67. The Morgan fingerprint density at radius 1 is 1.32 bits per heavy atom. The summed E-state index contributed by atoms with van der Waals surface area (Å²) in [6.45, 7) is 3.25. The van der Waals surface area contributed by atoms with E-state index in [0.717, 1.165) is 12.8 Å². The summed E-state index contributed by atoms with van der Waals surface area (Å²) in [6, 6.07) is 0.592. The lowest BCUT2D eigenvalue weighted by molar-refractivity contribution is -0.129. The van der Waals surface area contributed by atoms with Gasteiger partial charge in [0.05, 0.1) is 5.92 Å². The summed E-state index contributed by atoms with van der Waals surface area (Å²) in [5.41, 5.74) is 6.13. The molecule has 3 atom stereocenters. The van der Waals surface area contributed by atoms with Gasteiger partial charge in [-0.15, -0.1) is 12.4 Å². The summed E-state index contributed by atoms with van der Waals surface area (Å²) in [5, 5.41) is 3.28. The van der Waals surface area contributed by atoms with Crippen LogP contribution in [0, 0.1) is 17.8 Å². The van der Waals surface area contributed by atoms with Crippen molar-refractivity contribution in [2.24, 2.45) is 23.5 Å². The standard InChI is InChI=1S/C16H27N3O2.ClH/c1-2-19-9-12(8-14(19)20)16(21)18-15-10-4-3-5-11(15)7-13(17)6-10;/h10-13,15H,2-9,17H2,1H3,(H,18,21);1H. The number of fused-ring (bicyclic) bond motifs is 2. The molecule has 3 aliphatic rings. The number of nitrogens with zero attached hydrogens (tertiary/aromatic N) is 1. The molecule has 0 aromatic heterocycles. The van der Waals surface area contributed by atoms with Crippen LogP contribution in [0.5, 0.6) is 0 Å². The molecule has 3 unspecified atom stereocenters. The minimum atomic E-state index is -0.159. The van der Waals surface area contributed by atoms with Crippen LogP contribution in [0.2, 0.25) is 0 Å². The summed E-state index contributed by atoms with van der Waals surface area (Å²) in [7, 11) is 0. The number of likely N-dealkylation sites (tertiary alicyclic amines) is 1. The number of nitrogens with two attached hydrogens (primary N) is 1. The fraction of sp³-hybridized carbons (Fsp3) is 0.875. The second-order valence-corrected chi connectivity index (χ2v) is 7.05. The molecule has 1 aliphatic heterocycles. The van der Waals surface area contributed by atoms with Crippen molar-refractivity contribution in [1.82, 2.24) is 10.2 Å². The highest BCUT2D eigenvalue weighted by molar-refractivity contribution is 5.89. The average molecular weight is 330 g/mol. The predicted octanol–water partition coefficient (Wildman–Crippen LogP) is 1.30. The molecule has 2 saturated carbocycles. The van der Waals surface area contributed by atoms with E-state index in [1.807, 2.05) is 6.92 Å². The molecular formula is C16H28ClN3O2. The largest absolute Gasteiger partial charge is 0.353 e. The van der Waals surface area contributed by atoms with Crippen molar-refractivity contribution in [2.45, 2.75) is 57.5 Å². The molecule has 2 aliphatic carbocycles. The van der Waals surface area contributed by atoms with Gasteiger partial charge in [0.25, 0.3) is 0 Å². The van der Waals surface area contributed by atoms with Crippen LogP contribution >= 0.6 is 12.4 Å². The van der Waals surface area contributed by atoms with E-state index in [-0.39, 0.29) is 36.2 Å². The van der Waals surface area contributed by atoms with Gasteiger partial charge in [-0.05, 0) is 44.4 Å². The Bertz CT molecular complexity index is 418. The number of amides is 2. The van der Waals surface area contributed by atoms with Crippen LogP contribution in [0.1, 0.15) is 45.4 Å². The maximum Gasteiger partial charge on any atom is 0.225 e. The highest BCUT2D eigenvalue weighted by atomic mass is 35.5. The van der Waals surface area contributed by atoms with Crippen LogP contribution in [-0.2, 0) is 9.59 Å². The number of hydrogen-bond donors (Lipinski definition) is 2. The molecule has 0 radical (unpaired) electrons. The smallest absolute Gasteiger partial charge is 0.225 e. The fourth-order valence-electron chi connectivity index (χ4n) is 4.56. The first-order chi connectivity index (χ1) is 10.1. The molecule has 22 heavy (non-hydrogen) atoms.